The summed E-state index contributed by atoms with van der Waals surface area (Å²) < 4.78 is 0. The number of rotatable bonds is 4. The third-order valence-electron chi connectivity index (χ3n) is 3.96. The minimum absolute atomic E-state index is 0.106. The molecule has 1 heterocycles. The van der Waals surface area contributed by atoms with Gasteiger partial charge in [0.05, 0.1) is 24.6 Å². The maximum Gasteiger partial charge on any atom is 0.170 e. The van der Waals surface area contributed by atoms with Gasteiger partial charge in [0, 0.05) is 6.54 Å². The lowest BCUT2D eigenvalue weighted by Crippen LogP contribution is -2.30. The predicted molar refractivity (Wildman–Crippen MR) is 91.0 cm³/mol. The van der Waals surface area contributed by atoms with E-state index in [1.54, 1.807) is 0 Å². The summed E-state index contributed by atoms with van der Waals surface area (Å²) in [7, 11) is 0. The van der Waals surface area contributed by atoms with Crippen molar-refractivity contribution in [2.24, 2.45) is 0 Å². The van der Waals surface area contributed by atoms with Gasteiger partial charge >= 0.3 is 0 Å². The first-order chi connectivity index (χ1) is 10.8. The zero-order valence-corrected chi connectivity index (χ0v) is 13.0. The SMILES string of the molecule is N#CCCN1C(=S)NC(c2ccccc2)C1c1ccccc1. The molecule has 22 heavy (non-hydrogen) atoms. The lowest BCUT2D eigenvalue weighted by Gasteiger charge is -2.27. The Kier molecular flexibility index (Phi) is 4.36. The van der Waals surface area contributed by atoms with Crippen molar-refractivity contribution >= 4 is 17.3 Å². The molecule has 0 bridgehead atoms. The average molecular weight is 307 g/mol. The summed E-state index contributed by atoms with van der Waals surface area (Å²) in [5.74, 6) is 0. The second kappa shape index (κ2) is 6.59. The Hall–Kier alpha value is -2.38. The van der Waals surface area contributed by atoms with Crippen LogP contribution in [0.1, 0.15) is 29.6 Å². The number of nitriles is 1. The van der Waals surface area contributed by atoms with Crippen molar-refractivity contribution in [2.45, 2.75) is 18.5 Å². The van der Waals surface area contributed by atoms with Crippen molar-refractivity contribution in [1.82, 2.24) is 10.2 Å². The Morgan fingerprint density at radius 2 is 1.59 bits per heavy atom. The zero-order chi connectivity index (χ0) is 15.4. The van der Waals surface area contributed by atoms with E-state index in [1.165, 1.54) is 11.1 Å². The minimum Gasteiger partial charge on any atom is -0.353 e. The molecule has 3 rings (SSSR count). The quantitative estimate of drug-likeness (QED) is 0.877. The summed E-state index contributed by atoms with van der Waals surface area (Å²) in [6, 6.07) is 23.1. The molecular weight excluding hydrogens is 290 g/mol. The van der Waals surface area contributed by atoms with Gasteiger partial charge in [0.1, 0.15) is 0 Å². The molecule has 0 aromatic heterocycles. The zero-order valence-electron chi connectivity index (χ0n) is 12.1. The fraction of sp³-hybridized carbons (Fsp3) is 0.222. The van der Waals surface area contributed by atoms with Crippen molar-refractivity contribution in [2.75, 3.05) is 6.54 Å². The van der Waals surface area contributed by atoms with Crippen LogP contribution in [0.2, 0.25) is 0 Å². The molecule has 0 aliphatic carbocycles. The number of benzene rings is 2. The maximum atomic E-state index is 8.91. The van der Waals surface area contributed by atoms with Gasteiger partial charge in [0.15, 0.2) is 5.11 Å². The van der Waals surface area contributed by atoms with Gasteiger partial charge in [-0.1, -0.05) is 60.7 Å². The van der Waals surface area contributed by atoms with Crippen LogP contribution in [0.25, 0.3) is 0 Å². The van der Waals surface area contributed by atoms with Gasteiger partial charge in [-0.2, -0.15) is 5.26 Å². The molecule has 110 valence electrons. The van der Waals surface area contributed by atoms with E-state index in [9.17, 15) is 0 Å². The monoisotopic (exact) mass is 307 g/mol. The summed E-state index contributed by atoms with van der Waals surface area (Å²) in [6.45, 7) is 0.644. The predicted octanol–water partition coefficient (Wildman–Crippen LogP) is 3.57. The average Bonchev–Trinajstić information content (AvgIpc) is 2.91. The molecule has 0 saturated carbocycles. The third-order valence-corrected chi connectivity index (χ3v) is 4.31. The van der Waals surface area contributed by atoms with Crippen molar-refractivity contribution < 1.29 is 0 Å². The second-order valence-corrected chi connectivity index (χ2v) is 5.68. The van der Waals surface area contributed by atoms with E-state index >= 15 is 0 Å². The van der Waals surface area contributed by atoms with Crippen molar-refractivity contribution in [3.8, 4) is 6.07 Å². The second-order valence-electron chi connectivity index (χ2n) is 5.29. The van der Waals surface area contributed by atoms with Gasteiger partial charge in [-0.15, -0.1) is 0 Å². The molecule has 0 spiro atoms. The largest absolute Gasteiger partial charge is 0.353 e. The highest BCUT2D eigenvalue weighted by Gasteiger charge is 2.38. The molecule has 1 aliphatic heterocycles. The maximum absolute atomic E-state index is 8.91. The highest BCUT2D eigenvalue weighted by Crippen LogP contribution is 2.38. The summed E-state index contributed by atoms with van der Waals surface area (Å²) in [5, 5.41) is 13.1. The van der Waals surface area contributed by atoms with E-state index in [1.807, 2.05) is 36.4 Å². The molecule has 1 saturated heterocycles. The summed E-state index contributed by atoms with van der Waals surface area (Å²) in [5.41, 5.74) is 2.42. The Morgan fingerprint density at radius 3 is 2.18 bits per heavy atom. The van der Waals surface area contributed by atoms with Gasteiger partial charge < -0.3 is 10.2 Å². The molecule has 4 heteroatoms. The number of hydrogen-bond donors (Lipinski definition) is 1. The van der Waals surface area contributed by atoms with Crippen molar-refractivity contribution in [3.63, 3.8) is 0 Å². The van der Waals surface area contributed by atoms with Crippen LogP contribution in [0.15, 0.2) is 60.7 Å². The normalized spacial score (nSPS) is 20.5. The molecule has 1 aliphatic rings. The summed E-state index contributed by atoms with van der Waals surface area (Å²) in [4.78, 5) is 2.13. The Balaban J connectivity index is 1.99. The van der Waals surface area contributed by atoms with Crippen LogP contribution >= 0.6 is 12.2 Å². The number of thiocarbonyl (C=S) groups is 1. The van der Waals surface area contributed by atoms with Crippen LogP contribution in [0, 0.1) is 11.3 Å². The first kappa shape index (κ1) is 14.6. The van der Waals surface area contributed by atoms with E-state index in [4.69, 9.17) is 17.5 Å². The number of hydrogen-bond acceptors (Lipinski definition) is 2. The minimum atomic E-state index is 0.106. The van der Waals surface area contributed by atoms with E-state index in [0.717, 1.165) is 5.11 Å². The van der Waals surface area contributed by atoms with Crippen LogP contribution < -0.4 is 5.32 Å². The molecule has 2 aromatic rings. The fourth-order valence-electron chi connectivity index (χ4n) is 2.96. The first-order valence-corrected chi connectivity index (χ1v) is 7.76. The number of nitrogens with one attached hydrogen (secondary N) is 1. The molecule has 3 nitrogen and oxygen atoms in total. The van der Waals surface area contributed by atoms with Gasteiger partial charge in [0.25, 0.3) is 0 Å². The third kappa shape index (κ3) is 2.81. The standard InChI is InChI=1S/C18H17N3S/c19-12-7-13-21-17(15-10-5-2-6-11-15)16(20-18(21)22)14-8-3-1-4-9-14/h1-6,8-11,16-17H,7,13H2,(H,20,22). The molecule has 2 atom stereocenters. The Labute approximate surface area is 136 Å². The lowest BCUT2D eigenvalue weighted by atomic mass is 9.94. The van der Waals surface area contributed by atoms with Crippen LogP contribution in [0.4, 0.5) is 0 Å². The van der Waals surface area contributed by atoms with E-state index in [2.05, 4.69) is 40.6 Å². The van der Waals surface area contributed by atoms with Crippen LogP contribution in [0.3, 0.4) is 0 Å². The van der Waals surface area contributed by atoms with Crippen LogP contribution in [-0.4, -0.2) is 16.6 Å². The molecule has 2 aromatic carbocycles. The smallest absolute Gasteiger partial charge is 0.170 e. The fourth-order valence-corrected chi connectivity index (χ4v) is 3.29. The Bertz CT molecular complexity index is 678. The van der Waals surface area contributed by atoms with Gasteiger partial charge in [-0.25, -0.2) is 0 Å². The first-order valence-electron chi connectivity index (χ1n) is 7.35. The molecule has 2 unspecified atom stereocenters. The van der Waals surface area contributed by atoms with E-state index < -0.39 is 0 Å². The highest BCUT2D eigenvalue weighted by atomic mass is 32.1. The van der Waals surface area contributed by atoms with Gasteiger partial charge in [-0.05, 0) is 23.3 Å². The molecule has 0 radical (unpaired) electrons. The highest BCUT2D eigenvalue weighted by molar-refractivity contribution is 7.80. The molecule has 1 fully saturated rings. The van der Waals surface area contributed by atoms with Crippen molar-refractivity contribution in [1.29, 1.82) is 5.26 Å². The molecule has 0 amide bonds. The van der Waals surface area contributed by atoms with Crippen molar-refractivity contribution in [3.05, 3.63) is 71.8 Å². The van der Waals surface area contributed by atoms with Gasteiger partial charge in [-0.3, -0.25) is 0 Å². The van der Waals surface area contributed by atoms with E-state index in [-0.39, 0.29) is 12.1 Å². The summed E-state index contributed by atoms with van der Waals surface area (Å²) >= 11 is 5.51. The van der Waals surface area contributed by atoms with Crippen LogP contribution in [-0.2, 0) is 0 Å². The molecule has 1 N–H and O–H groups in total. The van der Waals surface area contributed by atoms with Gasteiger partial charge in [0.2, 0.25) is 0 Å². The summed E-state index contributed by atoms with van der Waals surface area (Å²) in [6.07, 6.45) is 0.465. The van der Waals surface area contributed by atoms with E-state index in [0.29, 0.717) is 13.0 Å². The lowest BCUT2D eigenvalue weighted by molar-refractivity contribution is 0.326. The number of nitrogens with zero attached hydrogens (tertiary/aromatic N) is 2. The Morgan fingerprint density at radius 1 is 1.00 bits per heavy atom. The topological polar surface area (TPSA) is 39.1 Å². The molecular formula is C18H17N3S. The van der Waals surface area contributed by atoms with Crippen LogP contribution in [0.5, 0.6) is 0 Å².